The number of hydrogen-bond acceptors (Lipinski definition) is 4. The maximum Gasteiger partial charge on any atom is 0.407 e. The van der Waals surface area contributed by atoms with Gasteiger partial charge in [0.15, 0.2) is 0 Å². The Labute approximate surface area is 151 Å². The predicted molar refractivity (Wildman–Crippen MR) is 97.3 cm³/mol. The fraction of sp³-hybridized carbons (Fsp3) is 0.389. The number of hydrazine groups is 1. The molecule has 1 unspecified atom stereocenters. The van der Waals surface area contributed by atoms with E-state index in [0.29, 0.717) is 12.0 Å². The first-order valence-corrected chi connectivity index (χ1v) is 8.32. The number of carbonyl (C=O) groups is 3. The molecule has 0 saturated carbocycles. The van der Waals surface area contributed by atoms with Gasteiger partial charge in [-0.1, -0.05) is 32.0 Å². The number of fused-ring (bicyclic) bond motifs is 1. The van der Waals surface area contributed by atoms with Crippen LogP contribution in [0.1, 0.15) is 30.6 Å². The molecule has 1 aromatic carbocycles. The van der Waals surface area contributed by atoms with Crippen LogP contribution in [0.2, 0.25) is 0 Å². The molecule has 26 heavy (non-hydrogen) atoms. The van der Waals surface area contributed by atoms with Gasteiger partial charge in [0.2, 0.25) is 0 Å². The molecule has 3 amide bonds. The lowest BCUT2D eigenvalue weighted by molar-refractivity contribution is -0.124. The van der Waals surface area contributed by atoms with Crippen LogP contribution in [-0.4, -0.2) is 35.6 Å². The zero-order valence-corrected chi connectivity index (χ0v) is 15.3. The number of amides is 3. The van der Waals surface area contributed by atoms with Gasteiger partial charge in [-0.2, -0.15) is 0 Å². The molecule has 0 aliphatic heterocycles. The summed E-state index contributed by atoms with van der Waals surface area (Å²) in [5, 5.41) is 3.25. The molecule has 0 aliphatic carbocycles. The van der Waals surface area contributed by atoms with Gasteiger partial charge in [-0.05, 0) is 18.4 Å². The van der Waals surface area contributed by atoms with Crippen molar-refractivity contribution in [1.29, 1.82) is 0 Å². The van der Waals surface area contributed by atoms with Gasteiger partial charge in [-0.25, -0.2) is 4.79 Å². The Morgan fingerprint density at radius 2 is 1.85 bits per heavy atom. The number of ether oxygens (including phenoxy) is 1. The van der Waals surface area contributed by atoms with Crippen LogP contribution in [0, 0.1) is 5.92 Å². The van der Waals surface area contributed by atoms with Gasteiger partial charge < -0.3 is 14.6 Å². The van der Waals surface area contributed by atoms with Crippen molar-refractivity contribution in [3.05, 3.63) is 36.0 Å². The number of aryl methyl sites for hydroxylation is 1. The van der Waals surface area contributed by atoms with E-state index in [9.17, 15) is 14.4 Å². The molecular formula is C18H24N4O4. The number of methoxy groups -OCH3 is 1. The second-order valence-electron chi connectivity index (χ2n) is 6.43. The van der Waals surface area contributed by atoms with Gasteiger partial charge in [0.25, 0.3) is 11.8 Å². The first-order valence-electron chi connectivity index (χ1n) is 8.32. The van der Waals surface area contributed by atoms with E-state index in [1.807, 2.05) is 49.7 Å². The SMILES string of the molecule is COC(=O)NC(CC(C)C)C(=O)NNC(=O)c1cn(C)c2ccccc12. The van der Waals surface area contributed by atoms with Gasteiger partial charge >= 0.3 is 6.09 Å². The van der Waals surface area contributed by atoms with Crippen LogP contribution in [0.5, 0.6) is 0 Å². The Balaban J connectivity index is 2.06. The fourth-order valence-electron chi connectivity index (χ4n) is 2.70. The van der Waals surface area contributed by atoms with Crippen molar-refractivity contribution in [2.24, 2.45) is 13.0 Å². The summed E-state index contributed by atoms with van der Waals surface area (Å²) in [4.78, 5) is 36.2. The standard InChI is InChI=1S/C18H24N4O4/c1-11(2)9-14(19-18(25)26-4)17(24)21-20-16(23)13-10-22(3)15-8-6-5-7-12(13)15/h5-8,10-11,14H,9H2,1-4H3,(H,19,25)(H,20,23)(H,21,24). The van der Waals surface area contributed by atoms with Crippen LogP contribution < -0.4 is 16.2 Å². The minimum atomic E-state index is -0.810. The Kier molecular flexibility index (Phi) is 6.21. The highest BCUT2D eigenvalue weighted by atomic mass is 16.5. The van der Waals surface area contributed by atoms with Crippen molar-refractivity contribution in [3.8, 4) is 0 Å². The quantitative estimate of drug-likeness (QED) is 0.707. The van der Waals surface area contributed by atoms with Gasteiger partial charge in [0.05, 0.1) is 12.7 Å². The first kappa shape index (κ1) is 19.3. The van der Waals surface area contributed by atoms with E-state index in [4.69, 9.17) is 0 Å². The number of para-hydroxylation sites is 1. The minimum absolute atomic E-state index is 0.164. The van der Waals surface area contributed by atoms with Gasteiger partial charge in [0, 0.05) is 24.1 Å². The van der Waals surface area contributed by atoms with E-state index in [-0.39, 0.29) is 5.92 Å². The number of hydrogen-bond donors (Lipinski definition) is 3. The molecule has 2 rings (SSSR count). The molecule has 3 N–H and O–H groups in total. The van der Waals surface area contributed by atoms with E-state index < -0.39 is 23.9 Å². The average molecular weight is 360 g/mol. The Hall–Kier alpha value is -3.03. The van der Waals surface area contributed by atoms with Crippen molar-refractivity contribution >= 4 is 28.8 Å². The van der Waals surface area contributed by atoms with E-state index in [1.165, 1.54) is 7.11 Å². The second kappa shape index (κ2) is 8.37. The molecule has 140 valence electrons. The molecule has 1 heterocycles. The van der Waals surface area contributed by atoms with Gasteiger partial charge in [-0.15, -0.1) is 0 Å². The topological polar surface area (TPSA) is 101 Å². The van der Waals surface area contributed by atoms with E-state index in [0.717, 1.165) is 10.9 Å². The summed E-state index contributed by atoms with van der Waals surface area (Å²) in [5.74, 6) is -0.786. The third kappa shape index (κ3) is 4.53. The molecule has 0 radical (unpaired) electrons. The summed E-state index contributed by atoms with van der Waals surface area (Å²) in [5.41, 5.74) is 6.14. The zero-order chi connectivity index (χ0) is 19.3. The third-order valence-corrected chi connectivity index (χ3v) is 3.94. The Morgan fingerprint density at radius 3 is 2.50 bits per heavy atom. The second-order valence-corrected chi connectivity index (χ2v) is 6.43. The monoisotopic (exact) mass is 360 g/mol. The number of benzene rings is 1. The molecule has 0 saturated heterocycles. The van der Waals surface area contributed by atoms with Crippen LogP contribution >= 0.6 is 0 Å². The van der Waals surface area contributed by atoms with Gasteiger partial charge in [-0.3, -0.25) is 20.4 Å². The van der Waals surface area contributed by atoms with Crippen LogP contribution in [0.4, 0.5) is 4.79 Å². The van der Waals surface area contributed by atoms with E-state index in [1.54, 1.807) is 6.20 Å². The number of rotatable bonds is 5. The largest absolute Gasteiger partial charge is 0.453 e. The smallest absolute Gasteiger partial charge is 0.407 e. The van der Waals surface area contributed by atoms with Crippen molar-refractivity contribution < 1.29 is 19.1 Å². The number of nitrogens with one attached hydrogen (secondary N) is 3. The lowest BCUT2D eigenvalue weighted by Crippen LogP contribution is -2.52. The molecule has 2 aromatic rings. The molecule has 0 bridgehead atoms. The summed E-state index contributed by atoms with van der Waals surface area (Å²) in [6.45, 7) is 3.85. The summed E-state index contributed by atoms with van der Waals surface area (Å²) in [6, 6.07) is 6.67. The lowest BCUT2D eigenvalue weighted by atomic mass is 10.0. The van der Waals surface area contributed by atoms with Crippen molar-refractivity contribution in [2.75, 3.05) is 7.11 Å². The number of carbonyl (C=O) groups excluding carboxylic acids is 3. The van der Waals surface area contributed by atoms with Crippen molar-refractivity contribution in [3.63, 3.8) is 0 Å². The fourth-order valence-corrected chi connectivity index (χ4v) is 2.70. The van der Waals surface area contributed by atoms with Crippen LogP contribution in [-0.2, 0) is 16.6 Å². The van der Waals surface area contributed by atoms with Crippen molar-refractivity contribution in [2.45, 2.75) is 26.3 Å². The van der Waals surface area contributed by atoms with Crippen LogP contribution in [0.25, 0.3) is 10.9 Å². The maximum atomic E-state index is 12.4. The minimum Gasteiger partial charge on any atom is -0.453 e. The molecule has 0 aliphatic rings. The van der Waals surface area contributed by atoms with E-state index >= 15 is 0 Å². The summed E-state index contributed by atoms with van der Waals surface area (Å²) < 4.78 is 6.38. The summed E-state index contributed by atoms with van der Waals surface area (Å²) in [6.07, 6.45) is 1.40. The van der Waals surface area contributed by atoms with Crippen molar-refractivity contribution in [1.82, 2.24) is 20.7 Å². The highest BCUT2D eigenvalue weighted by Gasteiger charge is 2.23. The van der Waals surface area contributed by atoms with E-state index in [2.05, 4.69) is 20.9 Å². The number of aromatic nitrogens is 1. The highest BCUT2D eigenvalue weighted by molar-refractivity contribution is 6.07. The maximum absolute atomic E-state index is 12.4. The molecular weight excluding hydrogens is 336 g/mol. The highest BCUT2D eigenvalue weighted by Crippen LogP contribution is 2.19. The molecule has 0 spiro atoms. The summed E-state index contributed by atoms with van der Waals surface area (Å²) >= 11 is 0. The van der Waals surface area contributed by atoms with Crippen LogP contribution in [0.15, 0.2) is 30.5 Å². The number of alkyl carbamates (subject to hydrolysis) is 1. The number of nitrogens with zero attached hydrogens (tertiary/aromatic N) is 1. The third-order valence-electron chi connectivity index (χ3n) is 3.94. The first-order chi connectivity index (χ1) is 12.3. The Bertz CT molecular complexity index is 813. The van der Waals surface area contributed by atoms with Gasteiger partial charge in [0.1, 0.15) is 6.04 Å². The van der Waals surface area contributed by atoms with Crippen LogP contribution in [0.3, 0.4) is 0 Å². The predicted octanol–water partition coefficient (Wildman–Crippen LogP) is 1.71. The zero-order valence-electron chi connectivity index (χ0n) is 15.3. The molecule has 0 fully saturated rings. The molecule has 8 heteroatoms. The lowest BCUT2D eigenvalue weighted by Gasteiger charge is -2.19. The Morgan fingerprint density at radius 1 is 1.15 bits per heavy atom. The normalized spacial score (nSPS) is 11.9. The molecule has 1 atom stereocenters. The summed E-state index contributed by atoms with van der Waals surface area (Å²) in [7, 11) is 3.07. The molecule has 1 aromatic heterocycles. The molecule has 8 nitrogen and oxygen atoms in total. The average Bonchev–Trinajstić information content (AvgIpc) is 2.95.